The van der Waals surface area contributed by atoms with E-state index in [4.69, 9.17) is 4.74 Å². The number of halogens is 1. The van der Waals surface area contributed by atoms with Crippen LogP contribution in [-0.4, -0.2) is 16.4 Å². The van der Waals surface area contributed by atoms with E-state index in [2.05, 4.69) is 25.7 Å². The van der Waals surface area contributed by atoms with Crippen molar-refractivity contribution in [2.75, 3.05) is 6.61 Å². The van der Waals surface area contributed by atoms with Gasteiger partial charge in [0.1, 0.15) is 4.60 Å². The summed E-state index contributed by atoms with van der Waals surface area (Å²) in [4.78, 5) is 0. The van der Waals surface area contributed by atoms with Crippen LogP contribution in [0.5, 0.6) is 0 Å². The lowest BCUT2D eigenvalue weighted by atomic mass is 10.1. The van der Waals surface area contributed by atoms with Crippen LogP contribution in [0.1, 0.15) is 43.0 Å². The van der Waals surface area contributed by atoms with Gasteiger partial charge in [0.15, 0.2) is 0 Å². The molecule has 0 aromatic carbocycles. The Morgan fingerprint density at radius 3 is 2.93 bits per heavy atom. The monoisotopic (exact) mass is 270 g/mol. The lowest BCUT2D eigenvalue weighted by Gasteiger charge is -2.18. The highest BCUT2D eigenvalue weighted by molar-refractivity contribution is 9.10. The number of aromatic nitrogens is 2. The molecule has 1 aromatic rings. The predicted octanol–water partition coefficient (Wildman–Crippen LogP) is 2.83. The zero-order valence-electron chi connectivity index (χ0n) is 8.71. The third kappa shape index (κ3) is 1.64. The molecular formula is C11H15BrN2O. The van der Waals surface area contributed by atoms with Crippen LogP contribution in [0.2, 0.25) is 0 Å². The third-order valence-corrected chi connectivity index (χ3v) is 4.11. The van der Waals surface area contributed by atoms with Crippen molar-refractivity contribution < 1.29 is 4.74 Å². The van der Waals surface area contributed by atoms with Crippen molar-refractivity contribution in [1.82, 2.24) is 9.78 Å². The molecule has 1 aliphatic heterocycles. The molecule has 0 bridgehead atoms. The van der Waals surface area contributed by atoms with Gasteiger partial charge in [0.2, 0.25) is 0 Å². The number of hydrogen-bond acceptors (Lipinski definition) is 2. The van der Waals surface area contributed by atoms with Crippen LogP contribution in [0.3, 0.4) is 0 Å². The van der Waals surface area contributed by atoms with Crippen molar-refractivity contribution in [3.63, 3.8) is 0 Å². The van der Waals surface area contributed by atoms with Gasteiger partial charge in [-0.05, 0) is 28.8 Å². The smallest absolute Gasteiger partial charge is 0.131 e. The first-order chi connectivity index (χ1) is 7.36. The van der Waals surface area contributed by atoms with Crippen LogP contribution >= 0.6 is 15.9 Å². The number of hydrogen-bond donors (Lipinski definition) is 0. The molecule has 0 spiro atoms. The van der Waals surface area contributed by atoms with Crippen LogP contribution in [0.25, 0.3) is 0 Å². The highest BCUT2D eigenvalue weighted by Crippen LogP contribution is 2.34. The van der Waals surface area contributed by atoms with E-state index in [1.807, 2.05) is 0 Å². The second kappa shape index (κ2) is 3.91. The molecule has 2 heterocycles. The minimum absolute atomic E-state index is 0.617. The van der Waals surface area contributed by atoms with Gasteiger partial charge in [-0.15, -0.1) is 0 Å². The van der Waals surface area contributed by atoms with Gasteiger partial charge < -0.3 is 4.74 Å². The fraction of sp³-hybridized carbons (Fsp3) is 0.727. The fourth-order valence-electron chi connectivity index (χ4n) is 2.67. The first-order valence-corrected chi connectivity index (χ1v) is 6.49. The Balaban J connectivity index is 1.99. The van der Waals surface area contributed by atoms with Crippen molar-refractivity contribution in [2.24, 2.45) is 0 Å². The zero-order valence-corrected chi connectivity index (χ0v) is 10.3. The highest BCUT2D eigenvalue weighted by atomic mass is 79.9. The van der Waals surface area contributed by atoms with Gasteiger partial charge in [0.25, 0.3) is 0 Å². The van der Waals surface area contributed by atoms with Crippen LogP contribution in [0, 0.1) is 0 Å². The summed E-state index contributed by atoms with van der Waals surface area (Å²) in [6, 6.07) is 0.617. The second-order valence-corrected chi connectivity index (χ2v) is 5.15. The van der Waals surface area contributed by atoms with E-state index in [9.17, 15) is 0 Å². The molecule has 15 heavy (non-hydrogen) atoms. The minimum Gasteiger partial charge on any atom is -0.375 e. The summed E-state index contributed by atoms with van der Waals surface area (Å²) in [5, 5.41) is 4.63. The molecule has 0 radical (unpaired) electrons. The Morgan fingerprint density at radius 1 is 1.33 bits per heavy atom. The largest absolute Gasteiger partial charge is 0.375 e. The molecule has 3 rings (SSSR count). The quantitative estimate of drug-likeness (QED) is 0.785. The summed E-state index contributed by atoms with van der Waals surface area (Å²) in [6.45, 7) is 1.58. The van der Waals surface area contributed by atoms with Gasteiger partial charge in [-0.2, -0.15) is 5.10 Å². The minimum atomic E-state index is 0.617. The van der Waals surface area contributed by atoms with E-state index in [1.54, 1.807) is 0 Å². The molecule has 3 nitrogen and oxygen atoms in total. The predicted molar refractivity (Wildman–Crippen MR) is 60.8 cm³/mol. The molecular weight excluding hydrogens is 256 g/mol. The van der Waals surface area contributed by atoms with Gasteiger partial charge >= 0.3 is 0 Å². The molecule has 82 valence electrons. The summed E-state index contributed by atoms with van der Waals surface area (Å²) in [7, 11) is 0. The molecule has 2 aliphatic rings. The Labute approximate surface area is 97.9 Å². The van der Waals surface area contributed by atoms with Crippen LogP contribution in [0.15, 0.2) is 4.60 Å². The number of nitrogens with zero attached hydrogens (tertiary/aromatic N) is 2. The van der Waals surface area contributed by atoms with Gasteiger partial charge in [-0.25, -0.2) is 0 Å². The van der Waals surface area contributed by atoms with Crippen molar-refractivity contribution >= 4 is 15.9 Å². The van der Waals surface area contributed by atoms with Crippen molar-refractivity contribution in [3.8, 4) is 0 Å². The third-order valence-electron chi connectivity index (χ3n) is 3.48. The Kier molecular flexibility index (Phi) is 2.56. The van der Waals surface area contributed by atoms with E-state index < -0.39 is 0 Å². The van der Waals surface area contributed by atoms with E-state index in [0.29, 0.717) is 6.04 Å². The average molecular weight is 271 g/mol. The zero-order chi connectivity index (χ0) is 10.3. The maximum absolute atomic E-state index is 5.53. The maximum Gasteiger partial charge on any atom is 0.131 e. The van der Waals surface area contributed by atoms with E-state index >= 15 is 0 Å². The lowest BCUT2D eigenvalue weighted by molar-refractivity contribution is 0.103. The molecule has 0 saturated heterocycles. The number of ether oxygens (including phenoxy) is 1. The number of fused-ring (bicyclic) bond motifs is 1. The average Bonchev–Trinajstić information content (AvgIpc) is 2.87. The Morgan fingerprint density at radius 2 is 2.13 bits per heavy atom. The van der Waals surface area contributed by atoms with Crippen molar-refractivity contribution in [3.05, 3.63) is 15.9 Å². The van der Waals surface area contributed by atoms with E-state index in [-0.39, 0.29) is 0 Å². The van der Waals surface area contributed by atoms with Crippen LogP contribution in [-0.2, 0) is 17.8 Å². The SMILES string of the molecule is Brc1nn(C2CCCC2)c2c1CCOC2. The first kappa shape index (κ1) is 9.85. The molecule has 0 unspecified atom stereocenters. The van der Waals surface area contributed by atoms with E-state index in [0.717, 1.165) is 24.2 Å². The first-order valence-electron chi connectivity index (χ1n) is 5.70. The summed E-state index contributed by atoms with van der Waals surface area (Å²) in [5.41, 5.74) is 2.67. The fourth-order valence-corrected chi connectivity index (χ4v) is 3.27. The van der Waals surface area contributed by atoms with E-state index in [1.165, 1.54) is 36.9 Å². The summed E-state index contributed by atoms with van der Waals surface area (Å²) in [6.07, 6.45) is 6.25. The summed E-state index contributed by atoms with van der Waals surface area (Å²) < 4.78 is 8.78. The second-order valence-electron chi connectivity index (χ2n) is 4.40. The lowest BCUT2D eigenvalue weighted by Crippen LogP contribution is -2.16. The van der Waals surface area contributed by atoms with Gasteiger partial charge in [0.05, 0.1) is 24.9 Å². The Hall–Kier alpha value is -0.350. The molecule has 1 aromatic heterocycles. The Bertz CT molecular complexity index is 369. The maximum atomic E-state index is 5.53. The van der Waals surface area contributed by atoms with Gasteiger partial charge in [-0.3, -0.25) is 4.68 Å². The molecule has 4 heteroatoms. The standard InChI is InChI=1S/C11H15BrN2O/c12-11-9-5-6-15-7-10(9)14(13-11)8-3-1-2-4-8/h8H,1-7H2. The normalized spacial score (nSPS) is 21.9. The van der Waals surface area contributed by atoms with Crippen LogP contribution in [0.4, 0.5) is 0 Å². The highest BCUT2D eigenvalue weighted by Gasteiger charge is 2.26. The van der Waals surface area contributed by atoms with Crippen molar-refractivity contribution in [1.29, 1.82) is 0 Å². The molecule has 1 aliphatic carbocycles. The topological polar surface area (TPSA) is 27.1 Å². The number of rotatable bonds is 1. The summed E-state index contributed by atoms with van der Waals surface area (Å²) >= 11 is 3.56. The van der Waals surface area contributed by atoms with Gasteiger partial charge in [0, 0.05) is 12.0 Å². The van der Waals surface area contributed by atoms with Crippen LogP contribution < -0.4 is 0 Å². The molecule has 1 fully saturated rings. The van der Waals surface area contributed by atoms with Gasteiger partial charge in [-0.1, -0.05) is 12.8 Å². The molecule has 0 N–H and O–H groups in total. The van der Waals surface area contributed by atoms with Crippen molar-refractivity contribution in [2.45, 2.75) is 44.8 Å². The molecule has 0 atom stereocenters. The summed E-state index contributed by atoms with van der Waals surface area (Å²) in [5.74, 6) is 0. The molecule has 1 saturated carbocycles. The molecule has 0 amide bonds.